The maximum absolute atomic E-state index is 12.6. The van der Waals surface area contributed by atoms with Gasteiger partial charge in [0.2, 0.25) is 10.0 Å². The van der Waals surface area contributed by atoms with Crippen molar-refractivity contribution in [3.8, 4) is 0 Å². The standard InChI is InChI=1S/C20H18N2O5S/c1-12-9-19(23)27-18-11-15(4-5-16(12)18)21-20(24)14-3-6-17-13(10-14)7-8-22(17)28(2,25)26/h3-6,9-11H,7-8H2,1-2H3,(H,21,24). The SMILES string of the molecule is Cc1cc(=O)oc2cc(NC(=O)c3ccc4c(c3)CCN4S(C)(=O)=O)ccc12. The van der Waals surface area contributed by atoms with Crippen LogP contribution in [0, 0.1) is 6.92 Å². The smallest absolute Gasteiger partial charge is 0.336 e. The summed E-state index contributed by atoms with van der Waals surface area (Å²) in [6.45, 7) is 2.20. The zero-order valence-electron chi connectivity index (χ0n) is 15.4. The third kappa shape index (κ3) is 3.27. The summed E-state index contributed by atoms with van der Waals surface area (Å²) in [7, 11) is -3.33. The fourth-order valence-corrected chi connectivity index (χ4v) is 4.42. The van der Waals surface area contributed by atoms with Crippen molar-refractivity contribution in [3.63, 3.8) is 0 Å². The molecule has 0 fully saturated rings. The van der Waals surface area contributed by atoms with Gasteiger partial charge in [0.1, 0.15) is 5.58 Å². The van der Waals surface area contributed by atoms with Crippen molar-refractivity contribution in [2.45, 2.75) is 13.3 Å². The lowest BCUT2D eigenvalue weighted by atomic mass is 10.1. The van der Waals surface area contributed by atoms with E-state index in [0.29, 0.717) is 35.5 Å². The van der Waals surface area contributed by atoms with Crippen molar-refractivity contribution in [1.29, 1.82) is 0 Å². The van der Waals surface area contributed by atoms with E-state index in [1.165, 1.54) is 16.6 Å². The number of fused-ring (bicyclic) bond motifs is 2. The van der Waals surface area contributed by atoms with Crippen LogP contribution in [0.15, 0.2) is 51.7 Å². The average molecular weight is 398 g/mol. The van der Waals surface area contributed by atoms with Crippen LogP contribution >= 0.6 is 0 Å². The van der Waals surface area contributed by atoms with Crippen molar-refractivity contribution in [2.24, 2.45) is 0 Å². The molecule has 1 aliphatic heterocycles. The van der Waals surface area contributed by atoms with Crippen molar-refractivity contribution in [3.05, 3.63) is 69.6 Å². The van der Waals surface area contributed by atoms with E-state index in [1.807, 2.05) is 6.92 Å². The van der Waals surface area contributed by atoms with Crippen molar-refractivity contribution < 1.29 is 17.6 Å². The maximum atomic E-state index is 12.6. The van der Waals surface area contributed by atoms with Crippen molar-refractivity contribution in [2.75, 3.05) is 22.4 Å². The molecule has 0 bridgehead atoms. The van der Waals surface area contributed by atoms with Gasteiger partial charge in [-0.15, -0.1) is 0 Å². The molecule has 0 radical (unpaired) electrons. The highest BCUT2D eigenvalue weighted by Crippen LogP contribution is 2.31. The number of amides is 1. The Morgan fingerprint density at radius 3 is 2.68 bits per heavy atom. The van der Waals surface area contributed by atoms with Crippen LogP contribution in [0.5, 0.6) is 0 Å². The highest BCUT2D eigenvalue weighted by atomic mass is 32.2. The fourth-order valence-electron chi connectivity index (χ4n) is 3.46. The molecule has 3 aromatic rings. The Morgan fingerprint density at radius 1 is 1.14 bits per heavy atom. The van der Waals surface area contributed by atoms with E-state index < -0.39 is 15.6 Å². The van der Waals surface area contributed by atoms with Gasteiger partial charge in [0.25, 0.3) is 5.91 Å². The molecule has 1 aliphatic rings. The number of carbonyl (C=O) groups is 1. The lowest BCUT2D eigenvalue weighted by Crippen LogP contribution is -2.27. The molecule has 8 heteroatoms. The molecule has 28 heavy (non-hydrogen) atoms. The highest BCUT2D eigenvalue weighted by molar-refractivity contribution is 7.92. The first kappa shape index (κ1) is 18.2. The van der Waals surface area contributed by atoms with Gasteiger partial charge < -0.3 is 9.73 Å². The van der Waals surface area contributed by atoms with E-state index in [0.717, 1.165) is 16.5 Å². The Balaban J connectivity index is 1.61. The number of hydrogen-bond donors (Lipinski definition) is 1. The van der Waals surface area contributed by atoms with Crippen LogP contribution in [0.4, 0.5) is 11.4 Å². The molecule has 0 spiro atoms. The monoisotopic (exact) mass is 398 g/mol. The molecule has 2 heterocycles. The Labute approximate surface area is 161 Å². The minimum atomic E-state index is -3.33. The minimum Gasteiger partial charge on any atom is -0.423 e. The summed E-state index contributed by atoms with van der Waals surface area (Å²) in [4.78, 5) is 24.2. The highest BCUT2D eigenvalue weighted by Gasteiger charge is 2.26. The Kier molecular flexibility index (Phi) is 4.23. The van der Waals surface area contributed by atoms with Gasteiger partial charge in [0.05, 0.1) is 11.9 Å². The molecular weight excluding hydrogens is 380 g/mol. The second-order valence-corrected chi connectivity index (χ2v) is 8.75. The summed E-state index contributed by atoms with van der Waals surface area (Å²) < 4.78 is 30.2. The Bertz CT molecular complexity index is 1280. The van der Waals surface area contributed by atoms with E-state index in [1.54, 1.807) is 36.4 Å². The molecule has 144 valence electrons. The summed E-state index contributed by atoms with van der Waals surface area (Å²) >= 11 is 0. The van der Waals surface area contributed by atoms with Gasteiger partial charge in [0.15, 0.2) is 0 Å². The topological polar surface area (TPSA) is 96.7 Å². The van der Waals surface area contributed by atoms with E-state index >= 15 is 0 Å². The van der Waals surface area contributed by atoms with Crippen LogP contribution in [-0.4, -0.2) is 27.1 Å². The van der Waals surface area contributed by atoms with Gasteiger partial charge in [-0.25, -0.2) is 13.2 Å². The van der Waals surface area contributed by atoms with Crippen LogP contribution < -0.4 is 15.2 Å². The number of anilines is 2. The first-order chi connectivity index (χ1) is 13.2. The van der Waals surface area contributed by atoms with Gasteiger partial charge in [0, 0.05) is 35.3 Å². The minimum absolute atomic E-state index is 0.324. The van der Waals surface area contributed by atoms with Gasteiger partial charge in [-0.1, -0.05) is 0 Å². The van der Waals surface area contributed by atoms with E-state index in [-0.39, 0.29) is 5.91 Å². The number of hydrogen-bond acceptors (Lipinski definition) is 5. The van der Waals surface area contributed by atoms with Crippen LogP contribution in [0.3, 0.4) is 0 Å². The van der Waals surface area contributed by atoms with Crippen molar-refractivity contribution in [1.82, 2.24) is 0 Å². The summed E-state index contributed by atoms with van der Waals surface area (Å²) in [6, 6.07) is 11.5. The van der Waals surface area contributed by atoms with E-state index in [4.69, 9.17) is 4.42 Å². The lowest BCUT2D eigenvalue weighted by molar-refractivity contribution is 0.102. The largest absolute Gasteiger partial charge is 0.423 e. The molecule has 0 unspecified atom stereocenters. The fraction of sp³-hybridized carbons (Fsp3) is 0.200. The molecule has 1 amide bonds. The normalized spacial score (nSPS) is 13.6. The average Bonchev–Trinajstić information content (AvgIpc) is 3.04. The molecule has 4 rings (SSSR count). The molecule has 7 nitrogen and oxygen atoms in total. The molecule has 0 saturated heterocycles. The number of nitrogens with zero attached hydrogens (tertiary/aromatic N) is 1. The summed E-state index contributed by atoms with van der Waals surface area (Å²) in [5, 5.41) is 3.59. The van der Waals surface area contributed by atoms with Crippen LogP contribution in [0.1, 0.15) is 21.5 Å². The first-order valence-electron chi connectivity index (χ1n) is 8.69. The first-order valence-corrected chi connectivity index (χ1v) is 10.5. The van der Waals surface area contributed by atoms with Gasteiger partial charge in [-0.05, 0) is 54.8 Å². The molecule has 1 aromatic heterocycles. The number of nitrogens with one attached hydrogen (secondary N) is 1. The quantitative estimate of drug-likeness (QED) is 0.684. The second kappa shape index (κ2) is 6.49. The molecule has 1 N–H and O–H groups in total. The maximum Gasteiger partial charge on any atom is 0.336 e. The summed E-state index contributed by atoms with van der Waals surface area (Å²) in [6.07, 6.45) is 1.73. The Morgan fingerprint density at radius 2 is 1.93 bits per heavy atom. The third-order valence-corrected chi connectivity index (χ3v) is 5.98. The summed E-state index contributed by atoms with van der Waals surface area (Å²) in [5.74, 6) is -0.324. The zero-order valence-corrected chi connectivity index (χ0v) is 16.2. The molecular formula is C20H18N2O5S. The lowest BCUT2D eigenvalue weighted by Gasteiger charge is -2.16. The van der Waals surface area contributed by atoms with E-state index in [2.05, 4.69) is 5.32 Å². The molecule has 0 aliphatic carbocycles. The second-order valence-electron chi connectivity index (χ2n) is 6.84. The van der Waals surface area contributed by atoms with Gasteiger partial charge in [-0.3, -0.25) is 9.10 Å². The number of benzene rings is 2. The molecule has 2 aromatic carbocycles. The molecule has 0 saturated carbocycles. The predicted molar refractivity (Wildman–Crippen MR) is 108 cm³/mol. The third-order valence-electron chi connectivity index (χ3n) is 4.80. The summed E-state index contributed by atoms with van der Waals surface area (Å²) in [5.41, 5.74) is 3.13. The predicted octanol–water partition coefficient (Wildman–Crippen LogP) is 2.68. The van der Waals surface area contributed by atoms with Crippen molar-refractivity contribution >= 4 is 38.3 Å². The number of aryl methyl sites for hydroxylation is 1. The van der Waals surface area contributed by atoms with Crippen LogP contribution in [-0.2, 0) is 16.4 Å². The number of rotatable bonds is 3. The zero-order chi connectivity index (χ0) is 20.1. The van der Waals surface area contributed by atoms with Crippen LogP contribution in [0.25, 0.3) is 11.0 Å². The number of sulfonamides is 1. The van der Waals surface area contributed by atoms with Gasteiger partial charge in [-0.2, -0.15) is 0 Å². The molecule has 0 atom stereocenters. The number of carbonyl (C=O) groups excluding carboxylic acids is 1. The van der Waals surface area contributed by atoms with E-state index in [9.17, 15) is 18.0 Å². The van der Waals surface area contributed by atoms with Gasteiger partial charge >= 0.3 is 5.63 Å². The van der Waals surface area contributed by atoms with Crippen LogP contribution in [0.2, 0.25) is 0 Å². The Hall–Kier alpha value is -3.13.